The number of rotatable bonds is 4. The van der Waals surface area contributed by atoms with E-state index in [-0.39, 0.29) is 36.2 Å². The number of hydrogen-bond donors (Lipinski definition) is 1. The smallest absolute Gasteiger partial charge is 0.194 e. The second-order valence-electron chi connectivity index (χ2n) is 7.18. The lowest BCUT2D eigenvalue weighted by molar-refractivity contribution is -0.0817. The number of fused-ring (bicyclic) bond motifs is 1. The molecule has 0 amide bonds. The van der Waals surface area contributed by atoms with Gasteiger partial charge in [-0.3, -0.25) is 0 Å². The molecular weight excluding hydrogens is 509 g/mol. The van der Waals surface area contributed by atoms with Gasteiger partial charge in [-0.15, -0.1) is 24.0 Å². The summed E-state index contributed by atoms with van der Waals surface area (Å²) in [6, 6.07) is 3.86. The van der Waals surface area contributed by atoms with E-state index < -0.39 is 0 Å². The molecule has 3 heterocycles. The van der Waals surface area contributed by atoms with Gasteiger partial charge in [0.2, 0.25) is 0 Å². The van der Waals surface area contributed by atoms with Crippen LogP contribution >= 0.6 is 35.6 Å². The Morgan fingerprint density at radius 2 is 2.00 bits per heavy atom. The highest BCUT2D eigenvalue weighted by molar-refractivity contribution is 14.0. The summed E-state index contributed by atoms with van der Waals surface area (Å²) in [7, 11) is 0. The number of guanidine groups is 1. The number of ether oxygens (including phenoxy) is 4. The summed E-state index contributed by atoms with van der Waals surface area (Å²) in [5.74, 6) is 2.21. The standard InChI is InChI=1S/C20H28ClN3O4.HI/c1-2-22-20(24-5-7-26-18(13-24)16-4-3-6-25-16)23-12-14-10-15(21)19-17(11-14)27-8-9-28-19;/h10-11,16,18H,2-9,12-13H2,1H3,(H,22,23);1H. The maximum absolute atomic E-state index is 6.35. The highest BCUT2D eigenvalue weighted by atomic mass is 127. The normalized spacial score (nSPS) is 24.2. The van der Waals surface area contributed by atoms with Crippen LogP contribution in [0.2, 0.25) is 5.02 Å². The molecule has 0 aromatic heterocycles. The topological polar surface area (TPSA) is 64.6 Å². The number of halogens is 2. The van der Waals surface area contributed by atoms with Crippen LogP contribution in [0.4, 0.5) is 0 Å². The molecular formula is C20H29ClIN3O4. The molecule has 2 unspecified atom stereocenters. The van der Waals surface area contributed by atoms with E-state index in [1.54, 1.807) is 0 Å². The second kappa shape index (κ2) is 10.9. The molecule has 4 rings (SSSR count). The summed E-state index contributed by atoms with van der Waals surface area (Å²) in [5, 5.41) is 3.97. The lowest BCUT2D eigenvalue weighted by Gasteiger charge is -2.37. The third-order valence-corrected chi connectivity index (χ3v) is 5.46. The molecule has 1 aromatic carbocycles. The molecule has 9 heteroatoms. The van der Waals surface area contributed by atoms with E-state index >= 15 is 0 Å². The monoisotopic (exact) mass is 537 g/mol. The fraction of sp³-hybridized carbons (Fsp3) is 0.650. The van der Waals surface area contributed by atoms with Crippen LogP contribution in [-0.4, -0.2) is 69.1 Å². The first kappa shape index (κ1) is 22.7. The van der Waals surface area contributed by atoms with Gasteiger partial charge in [-0.25, -0.2) is 4.99 Å². The van der Waals surface area contributed by atoms with Crippen molar-refractivity contribution in [3.05, 3.63) is 22.7 Å². The first-order valence-electron chi connectivity index (χ1n) is 10.1. The Balaban J connectivity index is 0.00000240. The SMILES string of the molecule is CCNC(=NCc1cc(Cl)c2c(c1)OCCO2)N1CCOC(C2CCCO2)C1.I. The van der Waals surface area contributed by atoms with Crippen molar-refractivity contribution in [3.8, 4) is 11.5 Å². The molecule has 1 aromatic rings. The molecule has 7 nitrogen and oxygen atoms in total. The fourth-order valence-corrected chi connectivity index (χ4v) is 4.12. The number of morpholine rings is 1. The second-order valence-corrected chi connectivity index (χ2v) is 7.59. The summed E-state index contributed by atoms with van der Waals surface area (Å²) in [6.45, 7) is 7.59. The van der Waals surface area contributed by atoms with Gasteiger partial charge in [-0.05, 0) is 37.5 Å². The van der Waals surface area contributed by atoms with E-state index in [0.29, 0.717) is 42.9 Å². The molecule has 162 valence electrons. The molecule has 2 saturated heterocycles. The number of hydrogen-bond acceptors (Lipinski definition) is 5. The van der Waals surface area contributed by atoms with Crippen LogP contribution in [0.5, 0.6) is 11.5 Å². The zero-order valence-corrected chi connectivity index (χ0v) is 19.8. The predicted octanol–water partition coefficient (Wildman–Crippen LogP) is 3.07. The minimum atomic E-state index is 0. The Kier molecular flexibility index (Phi) is 8.52. The van der Waals surface area contributed by atoms with Gasteiger partial charge in [-0.1, -0.05) is 11.6 Å². The lowest BCUT2D eigenvalue weighted by Crippen LogP contribution is -2.53. The van der Waals surface area contributed by atoms with Crippen molar-refractivity contribution in [1.29, 1.82) is 0 Å². The van der Waals surface area contributed by atoms with Gasteiger partial charge >= 0.3 is 0 Å². The average Bonchev–Trinajstić information content (AvgIpc) is 3.26. The third kappa shape index (κ3) is 5.59. The van der Waals surface area contributed by atoms with Gasteiger partial charge in [0.25, 0.3) is 0 Å². The van der Waals surface area contributed by atoms with Crippen molar-refractivity contribution >= 4 is 41.5 Å². The molecule has 29 heavy (non-hydrogen) atoms. The van der Waals surface area contributed by atoms with Gasteiger partial charge in [-0.2, -0.15) is 0 Å². The van der Waals surface area contributed by atoms with Gasteiger partial charge in [0, 0.05) is 26.2 Å². The van der Waals surface area contributed by atoms with Crippen molar-refractivity contribution in [2.45, 2.75) is 38.5 Å². The van der Waals surface area contributed by atoms with Crippen molar-refractivity contribution in [3.63, 3.8) is 0 Å². The molecule has 0 bridgehead atoms. The first-order valence-corrected chi connectivity index (χ1v) is 10.5. The summed E-state index contributed by atoms with van der Waals surface area (Å²) >= 11 is 6.35. The summed E-state index contributed by atoms with van der Waals surface area (Å²) in [6.07, 6.45) is 2.48. The highest BCUT2D eigenvalue weighted by Gasteiger charge is 2.32. The van der Waals surface area contributed by atoms with Crippen LogP contribution in [0.25, 0.3) is 0 Å². The largest absolute Gasteiger partial charge is 0.486 e. The lowest BCUT2D eigenvalue weighted by atomic mass is 10.1. The zero-order valence-electron chi connectivity index (χ0n) is 16.7. The van der Waals surface area contributed by atoms with Gasteiger partial charge in [0.15, 0.2) is 17.5 Å². The Bertz CT molecular complexity index is 715. The van der Waals surface area contributed by atoms with Crippen LogP contribution in [0.15, 0.2) is 17.1 Å². The molecule has 1 N–H and O–H groups in total. The molecule has 0 aliphatic carbocycles. The average molecular weight is 538 g/mol. The molecule has 0 radical (unpaired) electrons. The van der Waals surface area contributed by atoms with E-state index in [9.17, 15) is 0 Å². The molecule has 0 saturated carbocycles. The van der Waals surface area contributed by atoms with Crippen LogP contribution in [0.1, 0.15) is 25.3 Å². The van der Waals surface area contributed by atoms with Crippen molar-refractivity contribution in [2.24, 2.45) is 4.99 Å². The molecule has 3 aliphatic rings. The Morgan fingerprint density at radius 1 is 1.17 bits per heavy atom. The van der Waals surface area contributed by atoms with E-state index in [4.69, 9.17) is 35.5 Å². The summed E-state index contributed by atoms with van der Waals surface area (Å²) < 4.78 is 23.0. The Labute approximate surface area is 194 Å². The number of nitrogens with one attached hydrogen (secondary N) is 1. The minimum absolute atomic E-state index is 0. The van der Waals surface area contributed by atoms with E-state index in [0.717, 1.165) is 50.6 Å². The molecule has 0 spiro atoms. The van der Waals surface area contributed by atoms with Crippen LogP contribution in [0, 0.1) is 0 Å². The van der Waals surface area contributed by atoms with E-state index in [1.807, 2.05) is 12.1 Å². The highest BCUT2D eigenvalue weighted by Crippen LogP contribution is 2.38. The van der Waals surface area contributed by atoms with Crippen LogP contribution in [0.3, 0.4) is 0 Å². The Hall–Kier alpha value is -0.970. The molecule has 2 fully saturated rings. The molecule has 3 aliphatic heterocycles. The van der Waals surface area contributed by atoms with Crippen molar-refractivity contribution in [2.75, 3.05) is 46.1 Å². The first-order chi connectivity index (χ1) is 13.7. The maximum Gasteiger partial charge on any atom is 0.194 e. The summed E-state index contributed by atoms with van der Waals surface area (Å²) in [5.41, 5.74) is 0.994. The Morgan fingerprint density at radius 3 is 2.79 bits per heavy atom. The predicted molar refractivity (Wildman–Crippen MR) is 123 cm³/mol. The maximum atomic E-state index is 6.35. The van der Waals surface area contributed by atoms with Crippen LogP contribution < -0.4 is 14.8 Å². The molecule has 2 atom stereocenters. The minimum Gasteiger partial charge on any atom is -0.486 e. The van der Waals surface area contributed by atoms with Gasteiger partial charge in [0.1, 0.15) is 19.3 Å². The van der Waals surface area contributed by atoms with E-state index in [2.05, 4.69) is 17.1 Å². The number of benzene rings is 1. The zero-order chi connectivity index (χ0) is 19.3. The fourth-order valence-electron chi connectivity index (χ4n) is 3.84. The number of aliphatic imine (C=N–C) groups is 1. The van der Waals surface area contributed by atoms with Gasteiger partial charge in [0.05, 0.1) is 24.3 Å². The van der Waals surface area contributed by atoms with Crippen molar-refractivity contribution in [1.82, 2.24) is 10.2 Å². The summed E-state index contributed by atoms with van der Waals surface area (Å²) in [4.78, 5) is 7.10. The van der Waals surface area contributed by atoms with E-state index in [1.165, 1.54) is 0 Å². The third-order valence-electron chi connectivity index (χ3n) is 5.18. The van der Waals surface area contributed by atoms with Crippen LogP contribution in [-0.2, 0) is 16.0 Å². The van der Waals surface area contributed by atoms with Gasteiger partial charge < -0.3 is 29.2 Å². The van der Waals surface area contributed by atoms with Crippen molar-refractivity contribution < 1.29 is 18.9 Å². The number of nitrogens with zero attached hydrogens (tertiary/aromatic N) is 2. The quantitative estimate of drug-likeness (QED) is 0.362.